The molecule has 6 heteroatoms. The lowest BCUT2D eigenvalue weighted by molar-refractivity contribution is -0.119. The van der Waals surface area contributed by atoms with Crippen LogP contribution in [0.1, 0.15) is 25.6 Å². The van der Waals surface area contributed by atoms with Crippen molar-refractivity contribution >= 4 is 11.6 Å². The van der Waals surface area contributed by atoms with Crippen LogP contribution in [0.5, 0.6) is 0 Å². The number of nitrogens with two attached hydrogens (primary N) is 1. The molecule has 0 saturated carbocycles. The van der Waals surface area contributed by atoms with Crippen LogP contribution in [0.3, 0.4) is 0 Å². The summed E-state index contributed by atoms with van der Waals surface area (Å²) in [5.74, 6) is -0.0279. The van der Waals surface area contributed by atoms with E-state index in [1.54, 1.807) is 11.1 Å². The van der Waals surface area contributed by atoms with Gasteiger partial charge in [0.2, 0.25) is 5.91 Å². The number of benzene rings is 1. The number of likely N-dealkylation sites (N-methyl/N-ethyl adjacent to an activating group) is 1. The number of anilines is 1. The predicted octanol–water partition coefficient (Wildman–Crippen LogP) is 1.35. The molecular formula is C14H19N5O. The molecule has 1 amide bonds. The zero-order valence-electron chi connectivity index (χ0n) is 11.7. The number of carbonyl (C=O) groups is 1. The molecule has 2 aromatic rings. The highest BCUT2D eigenvalue weighted by molar-refractivity contribution is 5.93. The molecule has 1 atom stereocenters. The summed E-state index contributed by atoms with van der Waals surface area (Å²) in [6.07, 6.45) is 1.71. The van der Waals surface area contributed by atoms with Gasteiger partial charge in [-0.05, 0) is 26.0 Å². The van der Waals surface area contributed by atoms with Gasteiger partial charge in [-0.25, -0.2) is 4.68 Å². The summed E-state index contributed by atoms with van der Waals surface area (Å²) in [6, 6.07) is 9.39. The zero-order chi connectivity index (χ0) is 14.5. The maximum absolute atomic E-state index is 12.3. The van der Waals surface area contributed by atoms with Gasteiger partial charge in [-0.15, -0.1) is 5.10 Å². The first-order valence-corrected chi connectivity index (χ1v) is 6.62. The van der Waals surface area contributed by atoms with Crippen molar-refractivity contribution in [1.29, 1.82) is 0 Å². The Balaban J connectivity index is 2.09. The van der Waals surface area contributed by atoms with Gasteiger partial charge in [-0.3, -0.25) is 4.79 Å². The van der Waals surface area contributed by atoms with Crippen molar-refractivity contribution in [3.05, 3.63) is 42.2 Å². The molecule has 1 heterocycles. The average Bonchev–Trinajstić information content (AvgIpc) is 2.89. The molecule has 0 aliphatic rings. The molecule has 0 fully saturated rings. The maximum Gasteiger partial charge on any atom is 0.248 e. The summed E-state index contributed by atoms with van der Waals surface area (Å²) in [7, 11) is 0. The van der Waals surface area contributed by atoms with Crippen LogP contribution >= 0.6 is 0 Å². The predicted molar refractivity (Wildman–Crippen MR) is 77.1 cm³/mol. The average molecular weight is 273 g/mol. The Bertz CT molecular complexity index is 564. The van der Waals surface area contributed by atoms with Gasteiger partial charge < -0.3 is 10.6 Å². The first-order chi connectivity index (χ1) is 9.61. The third-order valence-electron chi connectivity index (χ3n) is 3.01. The molecule has 106 valence electrons. The minimum Gasteiger partial charge on any atom is -0.323 e. The first kappa shape index (κ1) is 14.2. The standard InChI is InChI=1S/C14H19N5O/c1-3-19(12-7-5-4-6-8-12)14(20)10-18-9-13(11(2)15)16-17-18/h4-9,11H,3,10,15H2,1-2H3. The summed E-state index contributed by atoms with van der Waals surface area (Å²) in [5.41, 5.74) is 7.29. The van der Waals surface area contributed by atoms with Crippen LogP contribution < -0.4 is 10.6 Å². The van der Waals surface area contributed by atoms with E-state index in [9.17, 15) is 4.79 Å². The van der Waals surface area contributed by atoms with E-state index >= 15 is 0 Å². The van der Waals surface area contributed by atoms with Crippen LogP contribution in [0.15, 0.2) is 36.5 Å². The molecule has 1 aromatic carbocycles. The largest absolute Gasteiger partial charge is 0.323 e. The Morgan fingerprint density at radius 1 is 1.40 bits per heavy atom. The summed E-state index contributed by atoms with van der Waals surface area (Å²) in [4.78, 5) is 14.0. The molecule has 1 unspecified atom stereocenters. The lowest BCUT2D eigenvalue weighted by Gasteiger charge is -2.20. The number of hydrogen-bond donors (Lipinski definition) is 1. The number of rotatable bonds is 5. The molecule has 20 heavy (non-hydrogen) atoms. The number of para-hydroxylation sites is 1. The number of nitrogens with zero attached hydrogens (tertiary/aromatic N) is 4. The van der Waals surface area contributed by atoms with Crippen LogP contribution in [0.25, 0.3) is 0 Å². The molecule has 0 saturated heterocycles. The van der Waals surface area contributed by atoms with Crippen molar-refractivity contribution in [3.63, 3.8) is 0 Å². The van der Waals surface area contributed by atoms with E-state index in [0.29, 0.717) is 12.2 Å². The Morgan fingerprint density at radius 2 is 2.10 bits per heavy atom. The molecule has 6 nitrogen and oxygen atoms in total. The van der Waals surface area contributed by atoms with Gasteiger partial charge in [0.1, 0.15) is 6.54 Å². The van der Waals surface area contributed by atoms with E-state index in [1.807, 2.05) is 44.2 Å². The SMILES string of the molecule is CCN(C(=O)Cn1cc(C(C)N)nn1)c1ccccc1. The summed E-state index contributed by atoms with van der Waals surface area (Å²) in [5, 5.41) is 7.87. The molecule has 2 rings (SSSR count). The van der Waals surface area contributed by atoms with Crippen molar-refractivity contribution in [3.8, 4) is 0 Å². The van der Waals surface area contributed by atoms with Crippen molar-refractivity contribution < 1.29 is 4.79 Å². The monoisotopic (exact) mass is 273 g/mol. The third-order valence-corrected chi connectivity index (χ3v) is 3.01. The Morgan fingerprint density at radius 3 is 2.65 bits per heavy atom. The van der Waals surface area contributed by atoms with E-state index in [2.05, 4.69) is 10.3 Å². The minimum absolute atomic E-state index is 0.0279. The van der Waals surface area contributed by atoms with Gasteiger partial charge in [-0.1, -0.05) is 23.4 Å². The van der Waals surface area contributed by atoms with Gasteiger partial charge in [-0.2, -0.15) is 0 Å². The zero-order valence-corrected chi connectivity index (χ0v) is 11.7. The Labute approximate surface area is 118 Å². The third kappa shape index (κ3) is 3.21. The van der Waals surface area contributed by atoms with Gasteiger partial charge in [0.05, 0.1) is 11.9 Å². The summed E-state index contributed by atoms with van der Waals surface area (Å²) in [6.45, 7) is 4.54. The van der Waals surface area contributed by atoms with Gasteiger partial charge in [0.15, 0.2) is 0 Å². The fourth-order valence-corrected chi connectivity index (χ4v) is 1.93. The molecule has 0 spiro atoms. The van der Waals surface area contributed by atoms with Crippen molar-refractivity contribution in [2.24, 2.45) is 5.73 Å². The molecule has 2 N–H and O–H groups in total. The van der Waals surface area contributed by atoms with Crippen LogP contribution in [-0.4, -0.2) is 27.4 Å². The highest BCUT2D eigenvalue weighted by Gasteiger charge is 2.15. The highest BCUT2D eigenvalue weighted by atomic mass is 16.2. The van der Waals surface area contributed by atoms with Crippen LogP contribution in [-0.2, 0) is 11.3 Å². The maximum atomic E-state index is 12.3. The van der Waals surface area contributed by atoms with Crippen LogP contribution in [0.4, 0.5) is 5.69 Å². The Hall–Kier alpha value is -2.21. The molecule has 0 aliphatic carbocycles. The molecule has 1 aromatic heterocycles. The van der Waals surface area contributed by atoms with Crippen molar-refractivity contribution in [2.45, 2.75) is 26.4 Å². The lowest BCUT2D eigenvalue weighted by atomic mass is 10.3. The fraction of sp³-hybridized carbons (Fsp3) is 0.357. The van der Waals surface area contributed by atoms with Crippen LogP contribution in [0.2, 0.25) is 0 Å². The van der Waals surface area contributed by atoms with Gasteiger partial charge >= 0.3 is 0 Å². The highest BCUT2D eigenvalue weighted by Crippen LogP contribution is 2.13. The topological polar surface area (TPSA) is 77.0 Å². The van der Waals surface area contributed by atoms with E-state index in [0.717, 1.165) is 5.69 Å². The van der Waals surface area contributed by atoms with Crippen molar-refractivity contribution in [2.75, 3.05) is 11.4 Å². The normalized spacial score (nSPS) is 12.2. The van der Waals surface area contributed by atoms with E-state index in [-0.39, 0.29) is 18.5 Å². The second kappa shape index (κ2) is 6.29. The van der Waals surface area contributed by atoms with Crippen molar-refractivity contribution in [1.82, 2.24) is 15.0 Å². The van der Waals surface area contributed by atoms with E-state index < -0.39 is 0 Å². The second-order valence-electron chi connectivity index (χ2n) is 4.60. The van der Waals surface area contributed by atoms with Crippen LogP contribution in [0, 0.1) is 0 Å². The number of carbonyl (C=O) groups excluding carboxylic acids is 1. The van der Waals surface area contributed by atoms with Gasteiger partial charge in [0.25, 0.3) is 0 Å². The number of aromatic nitrogens is 3. The molecule has 0 aliphatic heterocycles. The minimum atomic E-state index is -0.185. The molecule has 0 bridgehead atoms. The molecular weight excluding hydrogens is 254 g/mol. The van der Waals surface area contributed by atoms with E-state index in [4.69, 9.17) is 5.73 Å². The van der Waals surface area contributed by atoms with E-state index in [1.165, 1.54) is 4.68 Å². The first-order valence-electron chi connectivity index (χ1n) is 6.62. The summed E-state index contributed by atoms with van der Waals surface area (Å²) < 4.78 is 1.52. The van der Waals surface area contributed by atoms with Gasteiger partial charge in [0, 0.05) is 18.3 Å². The second-order valence-corrected chi connectivity index (χ2v) is 4.60. The Kier molecular flexibility index (Phi) is 4.47. The summed E-state index contributed by atoms with van der Waals surface area (Å²) >= 11 is 0. The lowest BCUT2D eigenvalue weighted by Crippen LogP contribution is -2.33. The number of amides is 1. The smallest absolute Gasteiger partial charge is 0.248 e. The molecule has 0 radical (unpaired) electrons. The fourth-order valence-electron chi connectivity index (χ4n) is 1.93. The quantitative estimate of drug-likeness (QED) is 0.892. The number of hydrogen-bond acceptors (Lipinski definition) is 4.